The van der Waals surface area contributed by atoms with Crippen LogP contribution in [-0.4, -0.2) is 35.0 Å². The van der Waals surface area contributed by atoms with Crippen molar-refractivity contribution in [3.8, 4) is 5.75 Å². The first kappa shape index (κ1) is 17.2. The second-order valence-electron chi connectivity index (χ2n) is 7.00. The molecule has 0 spiro atoms. The Morgan fingerprint density at radius 3 is 2.54 bits per heavy atom. The average Bonchev–Trinajstić information content (AvgIpc) is 3.48. The summed E-state index contributed by atoms with van der Waals surface area (Å²) in [7, 11) is 0. The molecular weight excluding hydrogens is 352 g/mol. The Hall–Kier alpha value is -2.27. The zero-order valence-corrected chi connectivity index (χ0v) is 15.2. The molecule has 5 nitrogen and oxygen atoms in total. The number of aromatic amines is 1. The number of aromatic nitrogens is 1. The number of benzene rings is 1. The molecule has 2 fully saturated rings. The zero-order chi connectivity index (χ0) is 18.1. The fourth-order valence-corrected chi connectivity index (χ4v) is 3.56. The molecule has 0 unspecified atom stereocenters. The Labute approximate surface area is 156 Å². The summed E-state index contributed by atoms with van der Waals surface area (Å²) >= 11 is 6.14. The van der Waals surface area contributed by atoms with E-state index >= 15 is 0 Å². The van der Waals surface area contributed by atoms with Crippen LogP contribution < -0.4 is 10.3 Å². The van der Waals surface area contributed by atoms with Gasteiger partial charge >= 0.3 is 0 Å². The number of nitrogens with zero attached hydrogens (tertiary/aromatic N) is 1. The van der Waals surface area contributed by atoms with Crippen molar-refractivity contribution in [3.05, 3.63) is 63.0 Å². The SMILES string of the molecule is O=C(c1cc(C2CC2)[nH]c(=O)c1)N1CCC(Oc2ccccc2Cl)CC1. The third-order valence-electron chi connectivity index (χ3n) is 4.99. The number of rotatable bonds is 4. The lowest BCUT2D eigenvalue weighted by molar-refractivity contribution is 0.0595. The number of hydrogen-bond donors (Lipinski definition) is 1. The van der Waals surface area contributed by atoms with Crippen molar-refractivity contribution in [3.63, 3.8) is 0 Å². The van der Waals surface area contributed by atoms with Gasteiger partial charge in [0.1, 0.15) is 11.9 Å². The van der Waals surface area contributed by atoms with Crippen LogP contribution in [0.4, 0.5) is 0 Å². The van der Waals surface area contributed by atoms with E-state index < -0.39 is 0 Å². The van der Waals surface area contributed by atoms with E-state index in [2.05, 4.69) is 4.98 Å². The lowest BCUT2D eigenvalue weighted by atomic mass is 10.1. The highest BCUT2D eigenvalue weighted by molar-refractivity contribution is 6.32. The van der Waals surface area contributed by atoms with Crippen LogP contribution in [0.3, 0.4) is 0 Å². The van der Waals surface area contributed by atoms with Crippen LogP contribution in [0, 0.1) is 0 Å². The molecule has 1 saturated carbocycles. The summed E-state index contributed by atoms with van der Waals surface area (Å²) in [5.41, 5.74) is 1.17. The molecule has 1 saturated heterocycles. The molecule has 26 heavy (non-hydrogen) atoms. The van der Waals surface area contributed by atoms with Gasteiger partial charge in [0.05, 0.1) is 5.02 Å². The smallest absolute Gasteiger partial charge is 0.254 e. The van der Waals surface area contributed by atoms with Gasteiger partial charge < -0.3 is 14.6 Å². The Balaban J connectivity index is 1.39. The van der Waals surface area contributed by atoms with E-state index in [1.54, 1.807) is 11.0 Å². The number of amides is 1. The van der Waals surface area contributed by atoms with Gasteiger partial charge in [-0.3, -0.25) is 9.59 Å². The summed E-state index contributed by atoms with van der Waals surface area (Å²) in [5, 5.41) is 0.599. The first-order valence-corrected chi connectivity index (χ1v) is 9.42. The number of likely N-dealkylation sites (tertiary alicyclic amines) is 1. The van der Waals surface area contributed by atoms with Crippen LogP contribution in [-0.2, 0) is 0 Å². The van der Waals surface area contributed by atoms with E-state index in [1.165, 1.54) is 6.07 Å². The van der Waals surface area contributed by atoms with Gasteiger partial charge in [-0.15, -0.1) is 0 Å². The summed E-state index contributed by atoms with van der Waals surface area (Å²) in [5.74, 6) is 1.02. The number of halogens is 1. The van der Waals surface area contributed by atoms with Crippen LogP contribution in [0.25, 0.3) is 0 Å². The van der Waals surface area contributed by atoms with Crippen molar-refractivity contribution in [2.24, 2.45) is 0 Å². The number of hydrogen-bond acceptors (Lipinski definition) is 3. The van der Waals surface area contributed by atoms with Gasteiger partial charge in [0.15, 0.2) is 0 Å². The lowest BCUT2D eigenvalue weighted by Gasteiger charge is -2.32. The number of carbonyl (C=O) groups is 1. The molecule has 1 aliphatic heterocycles. The topological polar surface area (TPSA) is 62.4 Å². The molecule has 1 aromatic heterocycles. The number of ether oxygens (including phenoxy) is 1. The van der Waals surface area contributed by atoms with Crippen molar-refractivity contribution in [1.29, 1.82) is 0 Å². The molecule has 1 aromatic carbocycles. The van der Waals surface area contributed by atoms with Crippen LogP contribution in [0.1, 0.15) is 47.7 Å². The summed E-state index contributed by atoms with van der Waals surface area (Å²) in [6.07, 6.45) is 3.70. The summed E-state index contributed by atoms with van der Waals surface area (Å²) in [4.78, 5) is 29.3. The third-order valence-corrected chi connectivity index (χ3v) is 5.30. The van der Waals surface area contributed by atoms with Gasteiger partial charge in [0.2, 0.25) is 5.56 Å². The average molecular weight is 373 g/mol. The van der Waals surface area contributed by atoms with Crippen molar-refractivity contribution in [2.45, 2.75) is 37.7 Å². The first-order valence-electron chi connectivity index (χ1n) is 9.05. The maximum Gasteiger partial charge on any atom is 0.254 e. The van der Waals surface area contributed by atoms with E-state index in [9.17, 15) is 9.59 Å². The molecule has 4 rings (SSSR count). The molecule has 0 radical (unpaired) electrons. The minimum absolute atomic E-state index is 0.0418. The van der Waals surface area contributed by atoms with Gasteiger partial charge in [-0.1, -0.05) is 23.7 Å². The van der Waals surface area contributed by atoms with Gasteiger partial charge in [-0.2, -0.15) is 0 Å². The van der Waals surface area contributed by atoms with E-state index in [1.807, 2.05) is 24.3 Å². The van der Waals surface area contributed by atoms with Crippen molar-refractivity contribution in [1.82, 2.24) is 9.88 Å². The van der Waals surface area contributed by atoms with E-state index in [-0.39, 0.29) is 17.6 Å². The zero-order valence-electron chi connectivity index (χ0n) is 14.4. The van der Waals surface area contributed by atoms with Gasteiger partial charge in [-0.05, 0) is 37.0 Å². The highest BCUT2D eigenvalue weighted by Crippen LogP contribution is 2.38. The monoisotopic (exact) mass is 372 g/mol. The molecule has 6 heteroatoms. The number of para-hydroxylation sites is 1. The molecule has 2 aliphatic rings. The molecule has 1 aliphatic carbocycles. The molecular formula is C20H21ClN2O3. The highest BCUT2D eigenvalue weighted by Gasteiger charge is 2.28. The van der Waals surface area contributed by atoms with Gasteiger partial charge in [0, 0.05) is 43.3 Å². The predicted molar refractivity (Wildman–Crippen MR) is 100 cm³/mol. The molecule has 1 N–H and O–H groups in total. The minimum Gasteiger partial charge on any atom is -0.489 e. The molecule has 2 aromatic rings. The Bertz CT molecular complexity index is 867. The largest absolute Gasteiger partial charge is 0.489 e. The maximum absolute atomic E-state index is 12.8. The van der Waals surface area contributed by atoms with Crippen LogP contribution in [0.15, 0.2) is 41.2 Å². The summed E-state index contributed by atoms with van der Waals surface area (Å²) in [6.45, 7) is 1.22. The van der Waals surface area contributed by atoms with Crippen molar-refractivity contribution < 1.29 is 9.53 Å². The second kappa shape index (κ2) is 7.16. The molecule has 0 bridgehead atoms. The Kier molecular flexibility index (Phi) is 4.72. The third kappa shape index (κ3) is 3.78. The molecule has 1 amide bonds. The molecule has 0 atom stereocenters. The van der Waals surface area contributed by atoms with Crippen molar-refractivity contribution in [2.75, 3.05) is 13.1 Å². The van der Waals surface area contributed by atoms with Crippen LogP contribution in [0.2, 0.25) is 5.02 Å². The van der Waals surface area contributed by atoms with E-state index in [0.717, 1.165) is 31.4 Å². The fraction of sp³-hybridized carbons (Fsp3) is 0.400. The quantitative estimate of drug-likeness (QED) is 0.892. The second-order valence-corrected chi connectivity index (χ2v) is 7.41. The number of nitrogens with one attached hydrogen (secondary N) is 1. The number of carbonyl (C=O) groups excluding carboxylic acids is 1. The van der Waals surface area contributed by atoms with Gasteiger partial charge in [-0.25, -0.2) is 0 Å². The van der Waals surface area contributed by atoms with E-state index in [4.69, 9.17) is 16.3 Å². The molecule has 136 valence electrons. The number of H-pyrrole nitrogens is 1. The van der Waals surface area contributed by atoms with Crippen LogP contribution >= 0.6 is 11.6 Å². The van der Waals surface area contributed by atoms with Crippen LogP contribution in [0.5, 0.6) is 5.75 Å². The standard InChI is InChI=1S/C20H21ClN2O3/c21-16-3-1-2-4-18(16)26-15-7-9-23(10-8-15)20(25)14-11-17(13-5-6-13)22-19(24)12-14/h1-4,11-13,15H,5-10H2,(H,22,24). The minimum atomic E-state index is -0.199. The predicted octanol–water partition coefficient (Wildman–Crippen LogP) is 3.59. The maximum atomic E-state index is 12.8. The number of pyridine rings is 1. The summed E-state index contributed by atoms with van der Waals surface area (Å²) in [6, 6.07) is 10.7. The van der Waals surface area contributed by atoms with Crippen molar-refractivity contribution >= 4 is 17.5 Å². The lowest BCUT2D eigenvalue weighted by Crippen LogP contribution is -2.42. The first-order chi connectivity index (χ1) is 12.6. The van der Waals surface area contributed by atoms with E-state index in [0.29, 0.717) is 35.3 Å². The number of piperidine rings is 1. The summed E-state index contributed by atoms with van der Waals surface area (Å²) < 4.78 is 5.97. The van der Waals surface area contributed by atoms with Gasteiger partial charge in [0.25, 0.3) is 5.91 Å². The molecule has 2 heterocycles. The highest BCUT2D eigenvalue weighted by atomic mass is 35.5. The fourth-order valence-electron chi connectivity index (χ4n) is 3.38. The Morgan fingerprint density at radius 2 is 1.85 bits per heavy atom. The normalized spacial score (nSPS) is 18.0. The Morgan fingerprint density at radius 1 is 1.12 bits per heavy atom.